The van der Waals surface area contributed by atoms with Gasteiger partial charge >= 0.3 is 0 Å². The average Bonchev–Trinajstić information content (AvgIpc) is 3.17. The first-order valence-corrected chi connectivity index (χ1v) is 10.5. The molecule has 33 heavy (non-hydrogen) atoms. The molecule has 0 saturated carbocycles. The van der Waals surface area contributed by atoms with Crippen molar-refractivity contribution in [1.82, 2.24) is 15.0 Å². The SMILES string of the molecule is Cc1[nH]c(=O)c(C#N)c(C)c1CCC(=O)Nc1ccc2nc(Cc3ccccc3F)[nH]c2c1. The number of H-pyrrole nitrogens is 2. The number of aromatic nitrogens is 3. The van der Waals surface area contributed by atoms with Gasteiger partial charge in [-0.1, -0.05) is 18.2 Å². The Kier molecular flexibility index (Phi) is 6.05. The fourth-order valence-electron chi connectivity index (χ4n) is 3.93. The Morgan fingerprint density at radius 3 is 2.73 bits per heavy atom. The molecular weight excluding hydrogens is 421 g/mol. The number of pyridine rings is 1. The molecule has 0 fully saturated rings. The van der Waals surface area contributed by atoms with E-state index in [-0.39, 0.29) is 23.7 Å². The van der Waals surface area contributed by atoms with Gasteiger partial charge in [-0.2, -0.15) is 5.26 Å². The second-order valence-corrected chi connectivity index (χ2v) is 7.90. The molecule has 2 aromatic heterocycles. The molecule has 4 rings (SSSR count). The molecule has 0 unspecified atom stereocenters. The Labute approximate surface area is 189 Å². The summed E-state index contributed by atoms with van der Waals surface area (Å²) in [5, 5.41) is 12.1. The Balaban J connectivity index is 1.45. The fraction of sp³-hybridized carbons (Fsp3) is 0.200. The van der Waals surface area contributed by atoms with Gasteiger partial charge in [-0.3, -0.25) is 9.59 Å². The molecule has 1 amide bonds. The van der Waals surface area contributed by atoms with Gasteiger partial charge in [0.2, 0.25) is 5.91 Å². The van der Waals surface area contributed by atoms with Gasteiger partial charge in [0.25, 0.3) is 5.56 Å². The van der Waals surface area contributed by atoms with Crippen molar-refractivity contribution in [3.8, 4) is 6.07 Å². The fourth-order valence-corrected chi connectivity index (χ4v) is 3.93. The topological polar surface area (TPSA) is 114 Å². The van der Waals surface area contributed by atoms with Crippen molar-refractivity contribution >= 4 is 22.6 Å². The lowest BCUT2D eigenvalue weighted by Crippen LogP contribution is -2.18. The molecule has 0 aliphatic rings. The zero-order valence-electron chi connectivity index (χ0n) is 18.3. The molecule has 4 aromatic rings. The molecule has 166 valence electrons. The summed E-state index contributed by atoms with van der Waals surface area (Å²) in [7, 11) is 0. The summed E-state index contributed by atoms with van der Waals surface area (Å²) in [6.07, 6.45) is 0.928. The van der Waals surface area contributed by atoms with Crippen LogP contribution in [0.25, 0.3) is 11.0 Å². The second kappa shape index (κ2) is 9.09. The van der Waals surface area contributed by atoms with Crippen molar-refractivity contribution < 1.29 is 9.18 Å². The summed E-state index contributed by atoms with van der Waals surface area (Å²) in [6, 6.07) is 13.8. The maximum Gasteiger partial charge on any atom is 0.266 e. The highest BCUT2D eigenvalue weighted by Crippen LogP contribution is 2.20. The van der Waals surface area contributed by atoms with Gasteiger partial charge in [-0.25, -0.2) is 9.37 Å². The number of carbonyl (C=O) groups is 1. The summed E-state index contributed by atoms with van der Waals surface area (Å²) in [5.74, 6) is 0.167. The van der Waals surface area contributed by atoms with Gasteiger partial charge < -0.3 is 15.3 Å². The van der Waals surface area contributed by atoms with E-state index in [1.165, 1.54) is 6.07 Å². The second-order valence-electron chi connectivity index (χ2n) is 7.90. The van der Waals surface area contributed by atoms with Crippen LogP contribution in [0.4, 0.5) is 10.1 Å². The normalized spacial score (nSPS) is 10.8. The van der Waals surface area contributed by atoms with E-state index in [0.717, 1.165) is 16.6 Å². The van der Waals surface area contributed by atoms with E-state index in [4.69, 9.17) is 0 Å². The highest BCUT2D eigenvalue weighted by Gasteiger charge is 2.14. The van der Waals surface area contributed by atoms with Crippen LogP contribution >= 0.6 is 0 Å². The standard InChI is InChI=1S/C25H22FN5O2/c1-14-18(15(2)28-25(33)19(14)13-27)8-10-24(32)29-17-7-9-21-22(12-17)31-23(30-21)11-16-5-3-4-6-20(16)26/h3-7,9,12H,8,10-11H2,1-2H3,(H,28,33)(H,29,32)(H,30,31). The van der Waals surface area contributed by atoms with Gasteiger partial charge in [0.05, 0.1) is 11.0 Å². The molecule has 0 aliphatic heterocycles. The third kappa shape index (κ3) is 4.67. The Morgan fingerprint density at radius 2 is 1.97 bits per heavy atom. The number of nitrogens with zero attached hydrogens (tertiary/aromatic N) is 2. The molecule has 7 nitrogen and oxygen atoms in total. The number of carbonyl (C=O) groups excluding carboxylic acids is 1. The number of nitriles is 1. The van der Waals surface area contributed by atoms with E-state index in [1.54, 1.807) is 50.2 Å². The van der Waals surface area contributed by atoms with Crippen molar-refractivity contribution in [3.05, 3.63) is 92.4 Å². The van der Waals surface area contributed by atoms with E-state index in [1.807, 2.05) is 6.07 Å². The maximum absolute atomic E-state index is 13.9. The molecule has 2 heterocycles. The summed E-state index contributed by atoms with van der Waals surface area (Å²) < 4.78 is 13.9. The van der Waals surface area contributed by atoms with Crippen molar-refractivity contribution in [1.29, 1.82) is 5.26 Å². The monoisotopic (exact) mass is 443 g/mol. The number of imidazole rings is 1. The first kappa shape index (κ1) is 22.0. The van der Waals surface area contributed by atoms with Gasteiger partial charge in [0.15, 0.2) is 0 Å². The van der Waals surface area contributed by atoms with E-state index < -0.39 is 5.56 Å². The highest BCUT2D eigenvalue weighted by molar-refractivity contribution is 5.93. The van der Waals surface area contributed by atoms with Crippen LogP contribution in [-0.2, 0) is 17.6 Å². The van der Waals surface area contributed by atoms with Crippen molar-refractivity contribution in [3.63, 3.8) is 0 Å². The number of hydrogen-bond acceptors (Lipinski definition) is 4. The first-order chi connectivity index (χ1) is 15.9. The quantitative estimate of drug-likeness (QED) is 0.417. The Bertz CT molecular complexity index is 1460. The van der Waals surface area contributed by atoms with Crippen molar-refractivity contribution in [2.24, 2.45) is 0 Å². The summed E-state index contributed by atoms with van der Waals surface area (Å²) in [4.78, 5) is 34.8. The molecule has 0 atom stereocenters. The number of aromatic amines is 2. The molecule has 0 radical (unpaired) electrons. The number of benzene rings is 2. The van der Waals surface area contributed by atoms with Crippen molar-refractivity contribution in [2.75, 3.05) is 5.32 Å². The van der Waals surface area contributed by atoms with E-state index in [2.05, 4.69) is 20.3 Å². The van der Waals surface area contributed by atoms with E-state index in [9.17, 15) is 19.2 Å². The average molecular weight is 443 g/mol. The number of nitrogens with one attached hydrogen (secondary N) is 3. The van der Waals surface area contributed by atoms with E-state index >= 15 is 0 Å². The van der Waals surface area contributed by atoms with Crippen molar-refractivity contribution in [2.45, 2.75) is 33.1 Å². The van der Waals surface area contributed by atoms with Gasteiger partial charge in [0, 0.05) is 24.2 Å². The lowest BCUT2D eigenvalue weighted by atomic mass is 9.99. The van der Waals surface area contributed by atoms with Crippen LogP contribution in [0.2, 0.25) is 0 Å². The van der Waals surface area contributed by atoms with Crippen LogP contribution in [0, 0.1) is 31.0 Å². The van der Waals surface area contributed by atoms with E-state index in [0.29, 0.717) is 41.2 Å². The predicted octanol–water partition coefficient (Wildman–Crippen LogP) is 4.04. The molecule has 3 N–H and O–H groups in total. The minimum Gasteiger partial charge on any atom is -0.342 e. The summed E-state index contributed by atoms with van der Waals surface area (Å²) in [5.41, 5.74) is 4.35. The number of aryl methyl sites for hydroxylation is 1. The molecule has 0 spiro atoms. The predicted molar refractivity (Wildman–Crippen MR) is 124 cm³/mol. The molecule has 0 saturated heterocycles. The van der Waals surface area contributed by atoms with Gasteiger partial charge in [-0.05, 0) is 61.2 Å². The Morgan fingerprint density at radius 1 is 1.18 bits per heavy atom. The van der Waals surface area contributed by atoms with Crippen LogP contribution < -0.4 is 10.9 Å². The van der Waals surface area contributed by atoms with Crippen LogP contribution in [-0.4, -0.2) is 20.9 Å². The molecular formula is C25H22FN5O2. The minimum absolute atomic E-state index is 0.0758. The van der Waals surface area contributed by atoms with Gasteiger partial charge in [0.1, 0.15) is 23.3 Å². The smallest absolute Gasteiger partial charge is 0.266 e. The lowest BCUT2D eigenvalue weighted by Gasteiger charge is -2.11. The van der Waals surface area contributed by atoms with Crippen LogP contribution in [0.1, 0.15) is 40.2 Å². The zero-order valence-corrected chi connectivity index (χ0v) is 18.3. The summed E-state index contributed by atoms with van der Waals surface area (Å²) in [6.45, 7) is 3.48. The van der Waals surface area contributed by atoms with Gasteiger partial charge in [-0.15, -0.1) is 0 Å². The highest BCUT2D eigenvalue weighted by atomic mass is 19.1. The maximum atomic E-state index is 13.9. The molecule has 0 bridgehead atoms. The van der Waals surface area contributed by atoms with Crippen LogP contribution in [0.5, 0.6) is 0 Å². The van der Waals surface area contributed by atoms with Crippen LogP contribution in [0.3, 0.4) is 0 Å². The number of anilines is 1. The Hall–Kier alpha value is -4.25. The number of rotatable bonds is 6. The summed E-state index contributed by atoms with van der Waals surface area (Å²) >= 11 is 0. The minimum atomic E-state index is -0.414. The number of hydrogen-bond donors (Lipinski definition) is 3. The largest absolute Gasteiger partial charge is 0.342 e. The number of amides is 1. The molecule has 2 aromatic carbocycles. The number of halogens is 1. The zero-order chi connectivity index (χ0) is 23.5. The first-order valence-electron chi connectivity index (χ1n) is 10.5. The third-order valence-electron chi connectivity index (χ3n) is 5.65. The molecule has 0 aliphatic carbocycles. The number of fused-ring (bicyclic) bond motifs is 1. The third-order valence-corrected chi connectivity index (χ3v) is 5.65. The van der Waals surface area contributed by atoms with Crippen LogP contribution in [0.15, 0.2) is 47.3 Å². The molecule has 8 heteroatoms. The lowest BCUT2D eigenvalue weighted by molar-refractivity contribution is -0.116.